The van der Waals surface area contributed by atoms with E-state index >= 15 is 0 Å². The summed E-state index contributed by atoms with van der Waals surface area (Å²) in [5, 5.41) is 3.54. The second-order valence-corrected chi connectivity index (χ2v) is 4.42. The largest absolute Gasteiger partial charge is 0.421 e. The minimum absolute atomic E-state index is 0.0852. The molecule has 1 aromatic carbocycles. The number of hydrogen-bond donors (Lipinski definition) is 1. The number of para-hydroxylation sites is 1. The van der Waals surface area contributed by atoms with Crippen LogP contribution in [0.1, 0.15) is 9.67 Å². The molecular formula is C9H6BrN3O2S. The van der Waals surface area contributed by atoms with Crippen molar-refractivity contribution in [2.75, 3.05) is 5.73 Å². The van der Waals surface area contributed by atoms with Crippen molar-refractivity contribution in [3.05, 3.63) is 33.6 Å². The first kappa shape index (κ1) is 11.0. The van der Waals surface area contributed by atoms with Crippen LogP contribution in [-0.4, -0.2) is 15.6 Å². The highest BCUT2D eigenvalue weighted by Crippen LogP contribution is 2.25. The molecule has 0 fully saturated rings. The summed E-state index contributed by atoms with van der Waals surface area (Å²) in [5.74, 6) is -0.0400. The monoisotopic (exact) mass is 299 g/mol. The Kier molecular flexibility index (Phi) is 3.16. The summed E-state index contributed by atoms with van der Waals surface area (Å²) >= 11 is 4.18. The third-order valence-corrected chi connectivity index (χ3v) is 3.11. The van der Waals surface area contributed by atoms with E-state index in [2.05, 4.69) is 25.5 Å². The first-order chi connectivity index (χ1) is 7.68. The summed E-state index contributed by atoms with van der Waals surface area (Å²) in [6.07, 6.45) is 0. The van der Waals surface area contributed by atoms with Crippen molar-refractivity contribution in [1.29, 1.82) is 0 Å². The number of aromatic nitrogens is 2. The van der Waals surface area contributed by atoms with Crippen molar-refractivity contribution >= 4 is 39.2 Å². The molecule has 16 heavy (non-hydrogen) atoms. The molecule has 1 heterocycles. The van der Waals surface area contributed by atoms with Gasteiger partial charge in [-0.3, -0.25) is 0 Å². The van der Waals surface area contributed by atoms with Crippen LogP contribution >= 0.6 is 27.5 Å². The van der Waals surface area contributed by atoms with Crippen molar-refractivity contribution < 1.29 is 9.53 Å². The zero-order chi connectivity index (χ0) is 11.5. The maximum atomic E-state index is 11.7. The van der Waals surface area contributed by atoms with Crippen molar-refractivity contribution in [3.63, 3.8) is 0 Å². The maximum absolute atomic E-state index is 11.7. The molecule has 0 aliphatic heterocycles. The Morgan fingerprint density at radius 2 is 2.19 bits per heavy atom. The van der Waals surface area contributed by atoms with E-state index in [0.717, 1.165) is 11.5 Å². The number of esters is 1. The average Bonchev–Trinajstić information content (AvgIpc) is 2.68. The van der Waals surface area contributed by atoms with Crippen LogP contribution in [0.4, 0.5) is 5.82 Å². The quantitative estimate of drug-likeness (QED) is 0.679. The lowest BCUT2D eigenvalue weighted by Gasteiger charge is -2.03. The number of ether oxygens (including phenoxy) is 1. The Bertz CT molecular complexity index is 529. The molecule has 0 amide bonds. The van der Waals surface area contributed by atoms with Gasteiger partial charge >= 0.3 is 5.97 Å². The second-order valence-electron chi connectivity index (χ2n) is 2.81. The summed E-state index contributed by atoms with van der Waals surface area (Å²) in [4.78, 5) is 11.9. The Morgan fingerprint density at radius 3 is 2.81 bits per heavy atom. The molecule has 82 valence electrons. The minimum Gasteiger partial charge on any atom is -0.421 e. The molecule has 0 aliphatic carbocycles. The van der Waals surface area contributed by atoms with Crippen molar-refractivity contribution in [3.8, 4) is 5.75 Å². The van der Waals surface area contributed by atoms with Gasteiger partial charge in [0.05, 0.1) is 4.47 Å². The van der Waals surface area contributed by atoms with Gasteiger partial charge in [-0.15, -0.1) is 5.10 Å². The highest BCUT2D eigenvalue weighted by molar-refractivity contribution is 9.10. The normalized spacial score (nSPS) is 10.1. The molecular weight excluding hydrogens is 294 g/mol. The SMILES string of the molecule is Nc1nnsc1C(=O)Oc1ccccc1Br. The van der Waals surface area contributed by atoms with E-state index in [1.54, 1.807) is 18.2 Å². The van der Waals surface area contributed by atoms with Crippen LogP contribution in [-0.2, 0) is 0 Å². The Balaban J connectivity index is 2.21. The van der Waals surface area contributed by atoms with Crippen LogP contribution in [0.5, 0.6) is 5.75 Å². The predicted molar refractivity (Wildman–Crippen MR) is 63.4 cm³/mol. The van der Waals surface area contributed by atoms with Gasteiger partial charge < -0.3 is 10.5 Å². The number of nitrogens with zero attached hydrogens (tertiary/aromatic N) is 2. The standard InChI is InChI=1S/C9H6BrN3O2S/c10-5-3-1-2-4-6(5)15-9(14)7-8(11)12-13-16-7/h1-4H,11H2. The molecule has 0 atom stereocenters. The van der Waals surface area contributed by atoms with Gasteiger partial charge in [0.15, 0.2) is 10.7 Å². The summed E-state index contributed by atoms with van der Waals surface area (Å²) in [5.41, 5.74) is 5.46. The summed E-state index contributed by atoms with van der Waals surface area (Å²) in [6.45, 7) is 0. The third kappa shape index (κ3) is 2.20. The summed E-state index contributed by atoms with van der Waals surface area (Å²) in [6, 6.07) is 7.04. The van der Waals surface area contributed by atoms with E-state index in [1.807, 2.05) is 6.07 Å². The van der Waals surface area contributed by atoms with Crippen LogP contribution in [0.3, 0.4) is 0 Å². The fraction of sp³-hybridized carbons (Fsp3) is 0. The number of hydrogen-bond acceptors (Lipinski definition) is 6. The van der Waals surface area contributed by atoms with Gasteiger partial charge in [-0.1, -0.05) is 16.6 Å². The molecule has 0 radical (unpaired) electrons. The lowest BCUT2D eigenvalue weighted by Crippen LogP contribution is -2.09. The van der Waals surface area contributed by atoms with Gasteiger partial charge in [-0.2, -0.15) is 0 Å². The van der Waals surface area contributed by atoms with Crippen LogP contribution < -0.4 is 10.5 Å². The number of nitrogens with two attached hydrogens (primary N) is 1. The van der Waals surface area contributed by atoms with E-state index in [4.69, 9.17) is 10.5 Å². The predicted octanol–water partition coefficient (Wildman–Crippen LogP) is 2.10. The fourth-order valence-electron chi connectivity index (χ4n) is 1.01. The van der Waals surface area contributed by atoms with Gasteiger partial charge in [-0.25, -0.2) is 4.79 Å². The van der Waals surface area contributed by atoms with Gasteiger partial charge in [-0.05, 0) is 39.6 Å². The van der Waals surface area contributed by atoms with E-state index in [9.17, 15) is 4.79 Å². The molecule has 5 nitrogen and oxygen atoms in total. The zero-order valence-electron chi connectivity index (χ0n) is 7.88. The number of carbonyl (C=O) groups is 1. The van der Waals surface area contributed by atoms with E-state index in [0.29, 0.717) is 10.2 Å². The summed E-state index contributed by atoms with van der Waals surface area (Å²) < 4.78 is 9.39. The Labute approximate surface area is 104 Å². The van der Waals surface area contributed by atoms with Crippen LogP contribution in [0.25, 0.3) is 0 Å². The number of anilines is 1. The van der Waals surface area contributed by atoms with E-state index < -0.39 is 5.97 Å². The summed E-state index contributed by atoms with van der Waals surface area (Å²) in [7, 11) is 0. The van der Waals surface area contributed by atoms with Gasteiger partial charge in [0.25, 0.3) is 0 Å². The van der Waals surface area contributed by atoms with Crippen molar-refractivity contribution in [2.24, 2.45) is 0 Å². The highest BCUT2D eigenvalue weighted by atomic mass is 79.9. The molecule has 2 aromatic rings. The minimum atomic E-state index is -0.556. The molecule has 0 aliphatic rings. The third-order valence-electron chi connectivity index (χ3n) is 1.74. The molecule has 0 spiro atoms. The number of carbonyl (C=O) groups excluding carboxylic acids is 1. The van der Waals surface area contributed by atoms with Crippen LogP contribution in [0.15, 0.2) is 28.7 Å². The molecule has 0 saturated carbocycles. The van der Waals surface area contributed by atoms with Crippen molar-refractivity contribution in [2.45, 2.75) is 0 Å². The lowest BCUT2D eigenvalue weighted by atomic mass is 10.3. The van der Waals surface area contributed by atoms with Crippen molar-refractivity contribution in [1.82, 2.24) is 9.59 Å². The molecule has 0 saturated heterocycles. The number of rotatable bonds is 2. The molecule has 0 bridgehead atoms. The first-order valence-corrected chi connectivity index (χ1v) is 5.79. The molecule has 0 unspecified atom stereocenters. The average molecular weight is 300 g/mol. The van der Waals surface area contributed by atoms with E-state index in [-0.39, 0.29) is 10.7 Å². The Morgan fingerprint density at radius 1 is 1.44 bits per heavy atom. The first-order valence-electron chi connectivity index (χ1n) is 4.23. The van der Waals surface area contributed by atoms with Crippen LogP contribution in [0, 0.1) is 0 Å². The highest BCUT2D eigenvalue weighted by Gasteiger charge is 2.17. The number of halogens is 1. The lowest BCUT2D eigenvalue weighted by molar-refractivity contribution is 0.0739. The fourth-order valence-corrected chi connectivity index (χ4v) is 1.84. The smallest absolute Gasteiger partial charge is 0.359 e. The Hall–Kier alpha value is -1.47. The molecule has 2 rings (SSSR count). The molecule has 2 N–H and O–H groups in total. The maximum Gasteiger partial charge on any atom is 0.359 e. The number of nitrogen functional groups attached to an aromatic ring is 1. The van der Waals surface area contributed by atoms with Gasteiger partial charge in [0, 0.05) is 0 Å². The van der Waals surface area contributed by atoms with E-state index in [1.165, 1.54) is 0 Å². The molecule has 1 aromatic heterocycles. The van der Waals surface area contributed by atoms with Crippen LogP contribution in [0.2, 0.25) is 0 Å². The number of benzene rings is 1. The van der Waals surface area contributed by atoms with Gasteiger partial charge in [0.2, 0.25) is 0 Å². The topological polar surface area (TPSA) is 78.1 Å². The zero-order valence-corrected chi connectivity index (χ0v) is 10.3. The second kappa shape index (κ2) is 4.58. The molecule has 7 heteroatoms. The van der Waals surface area contributed by atoms with Gasteiger partial charge in [0.1, 0.15) is 5.75 Å².